The molecule has 3 aromatic heterocycles. The number of pyridine rings is 3. The Morgan fingerprint density at radius 1 is 0.276 bits per heavy atom. The van der Waals surface area contributed by atoms with E-state index in [0.717, 1.165) is 117 Å². The van der Waals surface area contributed by atoms with Gasteiger partial charge in [-0.25, -0.2) is 0 Å². The Morgan fingerprint density at radius 3 is 1.24 bits per heavy atom. The van der Waals surface area contributed by atoms with Crippen LogP contribution in [0.3, 0.4) is 0 Å². The summed E-state index contributed by atoms with van der Waals surface area (Å²) in [7, 11) is 0. The normalized spacial score (nSPS) is 11.0. The summed E-state index contributed by atoms with van der Waals surface area (Å²) in [6.45, 7) is 6.39. The van der Waals surface area contributed by atoms with E-state index in [-0.39, 0.29) is 20.1 Å². The van der Waals surface area contributed by atoms with Crippen molar-refractivity contribution in [3.8, 4) is 123 Å². The van der Waals surface area contributed by atoms with Crippen molar-refractivity contribution >= 4 is 0 Å². The van der Waals surface area contributed by atoms with E-state index in [1.54, 1.807) is 0 Å². The standard InChI is InChI=1S/C72H50N3.Ir/c1-48-15-14-16-57(41-48)51-25-27-54(28-26-51)69-46-58(72-42-49(2)50(3)47-75-72)37-38-68(69)67-22-9-8-21-66(67)61-44-59(64-19-6-4-17-62(64)52-29-33-55(34-30-52)70-23-10-12-39-73-70)43-60(45-61)65-20-7-5-18-63(65)53-31-35-56(36-32-53)71-24-11-13-40-74-71;/h4-33,35,38-47H,1-3H3;/q-3;+3. The average molecular weight is 1150 g/mol. The first-order valence-electron chi connectivity index (χ1n) is 25.4. The van der Waals surface area contributed by atoms with Crippen molar-refractivity contribution in [2.24, 2.45) is 0 Å². The quantitative estimate of drug-likeness (QED) is 0.121. The van der Waals surface area contributed by atoms with Gasteiger partial charge in [0.1, 0.15) is 0 Å². The Morgan fingerprint density at radius 2 is 0.750 bits per heavy atom. The molecule has 0 amide bonds. The fourth-order valence-electron chi connectivity index (χ4n) is 10.1. The smallest absolute Gasteiger partial charge is 0.305 e. The van der Waals surface area contributed by atoms with E-state index < -0.39 is 0 Å². The number of aryl methyl sites for hydroxylation is 3. The van der Waals surface area contributed by atoms with Gasteiger partial charge in [-0.3, -0.25) is 0 Å². The van der Waals surface area contributed by atoms with Crippen molar-refractivity contribution in [2.75, 3.05) is 0 Å². The van der Waals surface area contributed by atoms with Crippen molar-refractivity contribution in [1.29, 1.82) is 0 Å². The number of benzene rings is 9. The van der Waals surface area contributed by atoms with E-state index in [9.17, 15) is 0 Å². The van der Waals surface area contributed by atoms with Gasteiger partial charge in [-0.05, 0) is 124 Å². The number of rotatable bonds is 11. The zero-order chi connectivity index (χ0) is 50.7. The largest absolute Gasteiger partial charge is 3.00 e. The van der Waals surface area contributed by atoms with Crippen molar-refractivity contribution in [1.82, 2.24) is 15.0 Å². The summed E-state index contributed by atoms with van der Waals surface area (Å²) in [5.41, 5.74) is 27.0. The average Bonchev–Trinajstić information content (AvgIpc) is 3.50. The second-order valence-electron chi connectivity index (χ2n) is 19.1. The molecule has 0 bridgehead atoms. The van der Waals surface area contributed by atoms with Crippen LogP contribution in [-0.4, -0.2) is 15.0 Å². The molecule has 0 spiro atoms. The molecule has 0 aliphatic carbocycles. The zero-order valence-corrected chi connectivity index (χ0v) is 44.7. The molecule has 0 N–H and O–H groups in total. The predicted octanol–water partition coefficient (Wildman–Crippen LogP) is 18.5. The third kappa shape index (κ3) is 10.2. The Kier molecular flexibility index (Phi) is 14.2. The Hall–Kier alpha value is -8.92. The van der Waals surface area contributed by atoms with Crippen molar-refractivity contribution in [2.45, 2.75) is 20.8 Å². The number of hydrogen-bond acceptors (Lipinski definition) is 3. The molecule has 362 valence electrons. The monoisotopic (exact) mass is 1150 g/mol. The second kappa shape index (κ2) is 21.9. The summed E-state index contributed by atoms with van der Waals surface area (Å²) in [5, 5.41) is 0. The van der Waals surface area contributed by atoms with Crippen molar-refractivity contribution in [3.05, 3.63) is 284 Å². The van der Waals surface area contributed by atoms with Crippen LogP contribution < -0.4 is 0 Å². The Bertz CT molecular complexity index is 3850. The van der Waals surface area contributed by atoms with E-state index in [2.05, 4.69) is 243 Å². The predicted molar refractivity (Wildman–Crippen MR) is 310 cm³/mol. The van der Waals surface area contributed by atoms with E-state index in [0.29, 0.717) is 0 Å². The zero-order valence-electron chi connectivity index (χ0n) is 42.3. The third-order valence-electron chi connectivity index (χ3n) is 14.2. The molecule has 3 nitrogen and oxygen atoms in total. The van der Waals surface area contributed by atoms with E-state index in [1.807, 2.05) is 55.0 Å². The summed E-state index contributed by atoms with van der Waals surface area (Å²) < 4.78 is 0. The number of hydrogen-bond donors (Lipinski definition) is 0. The minimum absolute atomic E-state index is 0. The van der Waals surface area contributed by atoms with Gasteiger partial charge in [0.15, 0.2) is 0 Å². The molecular weight excluding hydrogens is 1100 g/mol. The van der Waals surface area contributed by atoms with Gasteiger partial charge >= 0.3 is 20.1 Å². The molecule has 9 aromatic carbocycles. The molecule has 12 rings (SSSR count). The molecule has 0 saturated carbocycles. The topological polar surface area (TPSA) is 38.7 Å². The third-order valence-corrected chi connectivity index (χ3v) is 14.2. The van der Waals surface area contributed by atoms with Crippen LogP contribution in [0.4, 0.5) is 0 Å². The molecule has 0 unspecified atom stereocenters. The van der Waals surface area contributed by atoms with Gasteiger partial charge in [-0.1, -0.05) is 202 Å². The molecule has 12 aromatic rings. The van der Waals surface area contributed by atoms with Crippen LogP contribution in [0.5, 0.6) is 0 Å². The van der Waals surface area contributed by atoms with Gasteiger partial charge in [0, 0.05) is 18.6 Å². The first-order valence-corrected chi connectivity index (χ1v) is 25.4. The summed E-state index contributed by atoms with van der Waals surface area (Å²) >= 11 is 0. The molecule has 76 heavy (non-hydrogen) atoms. The van der Waals surface area contributed by atoms with E-state index >= 15 is 0 Å². The van der Waals surface area contributed by atoms with E-state index in [1.165, 1.54) is 22.3 Å². The molecule has 0 aliphatic rings. The fraction of sp³-hybridized carbons (Fsp3) is 0.0417. The number of nitrogens with zero attached hydrogens (tertiary/aromatic N) is 3. The molecule has 0 saturated heterocycles. The first-order chi connectivity index (χ1) is 36.9. The van der Waals surface area contributed by atoms with Gasteiger partial charge in [-0.2, -0.15) is 0 Å². The van der Waals surface area contributed by atoms with Gasteiger partial charge in [0.2, 0.25) is 0 Å². The van der Waals surface area contributed by atoms with Crippen LogP contribution in [0.15, 0.2) is 249 Å². The Balaban J connectivity index is 0.00000616. The summed E-state index contributed by atoms with van der Waals surface area (Å²) in [4.78, 5) is 14.1. The van der Waals surface area contributed by atoms with E-state index in [4.69, 9.17) is 4.98 Å². The van der Waals surface area contributed by atoms with Crippen LogP contribution in [0.25, 0.3) is 123 Å². The van der Waals surface area contributed by atoms with Crippen LogP contribution in [-0.2, 0) is 20.1 Å². The SMILES string of the molecule is Cc1cccc(-c2ccc(-c3cc(-c4cc(C)c(C)cn4)[c-]cc3-c3ccccc3-c3cc(-c4ccccc4-c4c[c-]c(-c5ccccn5)cc4)cc(-c4ccccc4-c4c[c-]c(-c5ccccn5)cc4)c3)cc2)c1.[Ir+3]. The first kappa shape index (κ1) is 49.3. The van der Waals surface area contributed by atoms with Gasteiger partial charge in [-0.15, -0.1) is 83.4 Å². The van der Waals surface area contributed by atoms with Crippen LogP contribution in [0.1, 0.15) is 16.7 Å². The summed E-state index contributed by atoms with van der Waals surface area (Å²) in [5.74, 6) is 0. The molecule has 0 atom stereocenters. The van der Waals surface area contributed by atoms with Gasteiger partial charge < -0.3 is 15.0 Å². The minimum atomic E-state index is 0. The number of aromatic nitrogens is 3. The van der Waals surface area contributed by atoms with Crippen molar-refractivity contribution < 1.29 is 20.1 Å². The summed E-state index contributed by atoms with van der Waals surface area (Å²) in [6, 6.07) is 93.1. The van der Waals surface area contributed by atoms with Crippen LogP contribution in [0, 0.1) is 39.0 Å². The van der Waals surface area contributed by atoms with Crippen LogP contribution >= 0.6 is 0 Å². The maximum absolute atomic E-state index is 4.90. The summed E-state index contributed by atoms with van der Waals surface area (Å²) in [6.07, 6.45) is 5.61. The van der Waals surface area contributed by atoms with Crippen molar-refractivity contribution in [3.63, 3.8) is 0 Å². The molecule has 0 fully saturated rings. The molecule has 0 radical (unpaired) electrons. The molecule has 4 heteroatoms. The van der Waals surface area contributed by atoms with Gasteiger partial charge in [0.05, 0.1) is 0 Å². The van der Waals surface area contributed by atoms with Gasteiger partial charge in [0.25, 0.3) is 0 Å². The molecular formula is C72H50IrN3. The molecule has 3 heterocycles. The van der Waals surface area contributed by atoms with Crippen LogP contribution in [0.2, 0.25) is 0 Å². The Labute approximate surface area is 459 Å². The minimum Gasteiger partial charge on any atom is -0.305 e. The molecule has 0 aliphatic heterocycles. The maximum atomic E-state index is 4.90. The fourth-order valence-corrected chi connectivity index (χ4v) is 10.1. The second-order valence-corrected chi connectivity index (χ2v) is 19.1. The maximum Gasteiger partial charge on any atom is 3.00 e.